The molecule has 18 heavy (non-hydrogen) atoms. The number of nitrogens with two attached hydrogens (primary N) is 1. The van der Waals surface area contributed by atoms with E-state index in [1.165, 1.54) is 0 Å². The maximum absolute atomic E-state index is 6.18. The normalized spacial score (nSPS) is 12.9. The van der Waals surface area contributed by atoms with Crippen molar-refractivity contribution in [2.75, 3.05) is 0 Å². The fourth-order valence-electron chi connectivity index (χ4n) is 1.82. The van der Waals surface area contributed by atoms with Crippen LogP contribution in [0.25, 0.3) is 0 Å². The molecule has 0 aliphatic heterocycles. The second kappa shape index (κ2) is 5.58. The molecule has 5 nitrogen and oxygen atoms in total. The molecule has 0 bridgehead atoms. The molecule has 1 unspecified atom stereocenters. The van der Waals surface area contributed by atoms with Crippen molar-refractivity contribution < 1.29 is 0 Å². The van der Waals surface area contributed by atoms with Crippen molar-refractivity contribution in [1.82, 2.24) is 19.7 Å². The fraction of sp³-hybridized carbons (Fsp3) is 0.417. The van der Waals surface area contributed by atoms with Gasteiger partial charge in [0.05, 0.1) is 11.7 Å². The average Bonchev–Trinajstić information content (AvgIpc) is 2.77. The van der Waals surface area contributed by atoms with Crippen molar-refractivity contribution >= 4 is 15.9 Å². The molecule has 1 atom stereocenters. The third-order valence-corrected chi connectivity index (χ3v) is 3.35. The predicted octanol–water partition coefficient (Wildman–Crippen LogP) is 2.26. The van der Waals surface area contributed by atoms with Crippen molar-refractivity contribution in [3.8, 4) is 0 Å². The number of hydrogen-bond donors (Lipinski definition) is 1. The summed E-state index contributed by atoms with van der Waals surface area (Å²) in [4.78, 5) is 8.57. The number of hydrogen-bond acceptors (Lipinski definition) is 4. The third-order valence-electron chi connectivity index (χ3n) is 2.68. The van der Waals surface area contributed by atoms with Gasteiger partial charge in [-0.25, -0.2) is 9.67 Å². The topological polar surface area (TPSA) is 69.6 Å². The van der Waals surface area contributed by atoms with E-state index in [9.17, 15) is 0 Å². The Morgan fingerprint density at radius 2 is 2.17 bits per heavy atom. The van der Waals surface area contributed by atoms with Crippen LogP contribution in [0.5, 0.6) is 0 Å². The third kappa shape index (κ3) is 2.76. The number of rotatable bonds is 4. The maximum atomic E-state index is 6.18. The van der Waals surface area contributed by atoms with Crippen molar-refractivity contribution in [1.29, 1.82) is 0 Å². The molecule has 2 aromatic heterocycles. The first-order valence-electron chi connectivity index (χ1n) is 5.84. The van der Waals surface area contributed by atoms with Crippen LogP contribution in [0.1, 0.15) is 37.4 Å². The molecule has 2 aromatic rings. The highest BCUT2D eigenvalue weighted by molar-refractivity contribution is 9.10. The first-order chi connectivity index (χ1) is 8.59. The van der Waals surface area contributed by atoms with Crippen LogP contribution in [0.3, 0.4) is 0 Å². The summed E-state index contributed by atoms with van der Waals surface area (Å²) < 4.78 is 2.81. The van der Waals surface area contributed by atoms with Crippen molar-refractivity contribution in [3.05, 3.63) is 40.6 Å². The molecule has 0 fully saturated rings. The van der Waals surface area contributed by atoms with E-state index in [2.05, 4.69) is 44.8 Å². The monoisotopic (exact) mass is 309 g/mol. The van der Waals surface area contributed by atoms with E-state index in [0.717, 1.165) is 16.0 Å². The number of nitrogens with zero attached hydrogens (tertiary/aromatic N) is 4. The molecular formula is C12H16BrN5. The van der Waals surface area contributed by atoms with Gasteiger partial charge in [0, 0.05) is 23.1 Å². The minimum absolute atomic E-state index is 0.192. The van der Waals surface area contributed by atoms with Gasteiger partial charge in [0.15, 0.2) is 0 Å². The molecular weight excluding hydrogens is 294 g/mol. The molecule has 2 N–H and O–H groups in total. The summed E-state index contributed by atoms with van der Waals surface area (Å²) >= 11 is 3.46. The molecule has 0 aliphatic carbocycles. The Labute approximate surface area is 115 Å². The van der Waals surface area contributed by atoms with Crippen LogP contribution in [0, 0.1) is 0 Å². The van der Waals surface area contributed by atoms with Gasteiger partial charge in [-0.1, -0.05) is 0 Å². The highest BCUT2D eigenvalue weighted by atomic mass is 79.9. The van der Waals surface area contributed by atoms with Gasteiger partial charge in [0.25, 0.3) is 0 Å². The van der Waals surface area contributed by atoms with Crippen molar-refractivity contribution in [2.45, 2.75) is 32.4 Å². The van der Waals surface area contributed by atoms with E-state index in [-0.39, 0.29) is 12.1 Å². The maximum Gasteiger partial charge on any atom is 0.138 e. The minimum atomic E-state index is -0.192. The molecule has 6 heteroatoms. The Morgan fingerprint density at radius 1 is 1.39 bits per heavy atom. The van der Waals surface area contributed by atoms with E-state index in [1.54, 1.807) is 12.5 Å². The van der Waals surface area contributed by atoms with E-state index in [4.69, 9.17) is 5.73 Å². The average molecular weight is 310 g/mol. The van der Waals surface area contributed by atoms with Crippen molar-refractivity contribution in [3.63, 3.8) is 0 Å². The van der Waals surface area contributed by atoms with Crippen LogP contribution >= 0.6 is 15.9 Å². The molecule has 0 spiro atoms. The van der Waals surface area contributed by atoms with Gasteiger partial charge in [-0.15, -0.1) is 0 Å². The van der Waals surface area contributed by atoms with E-state index < -0.39 is 0 Å². The van der Waals surface area contributed by atoms with Crippen LogP contribution in [0.15, 0.2) is 29.1 Å². The Morgan fingerprint density at radius 3 is 2.83 bits per heavy atom. The molecule has 0 radical (unpaired) electrons. The number of aromatic nitrogens is 4. The number of pyridine rings is 1. The van der Waals surface area contributed by atoms with E-state index in [0.29, 0.717) is 6.42 Å². The zero-order valence-electron chi connectivity index (χ0n) is 10.4. The molecule has 0 aromatic carbocycles. The van der Waals surface area contributed by atoms with Gasteiger partial charge in [0.1, 0.15) is 12.2 Å². The Kier molecular flexibility index (Phi) is 4.08. The first kappa shape index (κ1) is 13.2. The van der Waals surface area contributed by atoms with E-state index >= 15 is 0 Å². The predicted molar refractivity (Wildman–Crippen MR) is 73.0 cm³/mol. The number of halogens is 1. The summed E-state index contributed by atoms with van der Waals surface area (Å²) in [5, 5.41) is 4.20. The smallest absolute Gasteiger partial charge is 0.138 e. The Balaban J connectivity index is 2.19. The summed E-state index contributed by atoms with van der Waals surface area (Å²) in [7, 11) is 0. The largest absolute Gasteiger partial charge is 0.322 e. The zero-order chi connectivity index (χ0) is 13.1. The summed E-state index contributed by atoms with van der Waals surface area (Å²) in [6.07, 6.45) is 3.93. The molecule has 96 valence electrons. The Bertz CT molecular complexity index is 523. The van der Waals surface area contributed by atoms with Gasteiger partial charge in [-0.05, 0) is 41.9 Å². The molecule has 2 rings (SSSR count). The van der Waals surface area contributed by atoms with Gasteiger partial charge >= 0.3 is 0 Å². The van der Waals surface area contributed by atoms with Crippen LogP contribution in [-0.4, -0.2) is 19.7 Å². The van der Waals surface area contributed by atoms with Gasteiger partial charge in [-0.2, -0.15) is 5.10 Å². The fourth-order valence-corrected chi connectivity index (χ4v) is 2.36. The molecule has 0 amide bonds. The summed E-state index contributed by atoms with van der Waals surface area (Å²) in [6.45, 7) is 4.14. The molecule has 0 aliphatic rings. The van der Waals surface area contributed by atoms with Crippen LogP contribution in [0.4, 0.5) is 0 Å². The summed E-state index contributed by atoms with van der Waals surface area (Å²) in [5.41, 5.74) is 7.03. The van der Waals surface area contributed by atoms with E-state index in [1.807, 2.05) is 16.8 Å². The highest BCUT2D eigenvalue weighted by Gasteiger charge is 2.16. The first-order valence-corrected chi connectivity index (χ1v) is 6.63. The minimum Gasteiger partial charge on any atom is -0.322 e. The lowest BCUT2D eigenvalue weighted by atomic mass is 10.1. The lowest BCUT2D eigenvalue weighted by Crippen LogP contribution is -2.19. The Hall–Kier alpha value is -1.27. The molecule has 0 saturated heterocycles. The van der Waals surface area contributed by atoms with Crippen LogP contribution in [0.2, 0.25) is 0 Å². The molecule has 2 heterocycles. The van der Waals surface area contributed by atoms with Crippen molar-refractivity contribution in [2.24, 2.45) is 5.73 Å². The second-order valence-electron chi connectivity index (χ2n) is 4.40. The van der Waals surface area contributed by atoms with Crippen LogP contribution in [-0.2, 0) is 6.42 Å². The lowest BCUT2D eigenvalue weighted by molar-refractivity contribution is 0.491. The zero-order valence-corrected chi connectivity index (χ0v) is 12.0. The van der Waals surface area contributed by atoms with Gasteiger partial charge < -0.3 is 5.73 Å². The van der Waals surface area contributed by atoms with Gasteiger partial charge in [0.2, 0.25) is 0 Å². The SMILES string of the molecule is CC(C)n1ncnc1CC(N)c1ncccc1Br. The molecule has 0 saturated carbocycles. The van der Waals surface area contributed by atoms with Gasteiger partial charge in [-0.3, -0.25) is 4.98 Å². The standard InChI is InChI=1S/C12H16BrN5/c1-8(2)18-11(16-7-17-18)6-10(14)12-9(13)4-3-5-15-12/h3-5,7-8,10H,6,14H2,1-2H3. The summed E-state index contributed by atoms with van der Waals surface area (Å²) in [5.74, 6) is 0.884. The lowest BCUT2D eigenvalue weighted by Gasteiger charge is -2.14. The highest BCUT2D eigenvalue weighted by Crippen LogP contribution is 2.22. The van der Waals surface area contributed by atoms with Crippen LogP contribution < -0.4 is 5.73 Å². The second-order valence-corrected chi connectivity index (χ2v) is 5.25. The quantitative estimate of drug-likeness (QED) is 0.940. The summed E-state index contributed by atoms with van der Waals surface area (Å²) in [6, 6.07) is 3.90.